The van der Waals surface area contributed by atoms with Gasteiger partial charge in [0.1, 0.15) is 0 Å². The molecule has 1 fully saturated rings. The molecule has 2 rings (SSSR count). The van der Waals surface area contributed by atoms with Crippen molar-refractivity contribution in [3.05, 3.63) is 34.9 Å². The predicted molar refractivity (Wildman–Crippen MR) is 65.4 cm³/mol. The summed E-state index contributed by atoms with van der Waals surface area (Å²) < 4.78 is 22.8. The SMILES string of the molecule is NC1CS(=O)(=O)CCC1c1ccc(Cl)cc1. The Morgan fingerprint density at radius 2 is 1.88 bits per heavy atom. The summed E-state index contributed by atoms with van der Waals surface area (Å²) in [4.78, 5) is 0. The first-order valence-electron chi connectivity index (χ1n) is 5.19. The van der Waals surface area contributed by atoms with Gasteiger partial charge in [-0.15, -0.1) is 0 Å². The van der Waals surface area contributed by atoms with Gasteiger partial charge in [0.2, 0.25) is 0 Å². The molecular weight excluding hydrogens is 246 g/mol. The van der Waals surface area contributed by atoms with Crippen LogP contribution in [0.3, 0.4) is 0 Å². The Bertz CT molecular complexity index is 469. The van der Waals surface area contributed by atoms with E-state index in [0.717, 1.165) is 5.56 Å². The zero-order valence-corrected chi connectivity index (χ0v) is 10.3. The van der Waals surface area contributed by atoms with E-state index in [1.165, 1.54) is 0 Å². The van der Waals surface area contributed by atoms with E-state index in [1.807, 2.05) is 24.3 Å². The van der Waals surface area contributed by atoms with E-state index in [0.29, 0.717) is 11.4 Å². The maximum absolute atomic E-state index is 11.4. The number of halogens is 1. The van der Waals surface area contributed by atoms with Gasteiger partial charge < -0.3 is 5.73 Å². The van der Waals surface area contributed by atoms with Gasteiger partial charge in [0.25, 0.3) is 0 Å². The van der Waals surface area contributed by atoms with E-state index >= 15 is 0 Å². The average Bonchev–Trinajstić information content (AvgIpc) is 2.19. The highest BCUT2D eigenvalue weighted by molar-refractivity contribution is 7.91. The maximum atomic E-state index is 11.4. The van der Waals surface area contributed by atoms with E-state index < -0.39 is 9.84 Å². The fourth-order valence-electron chi connectivity index (χ4n) is 2.14. The lowest BCUT2D eigenvalue weighted by Crippen LogP contribution is -2.41. The molecule has 16 heavy (non-hydrogen) atoms. The van der Waals surface area contributed by atoms with Crippen molar-refractivity contribution in [2.45, 2.75) is 18.4 Å². The van der Waals surface area contributed by atoms with Crippen molar-refractivity contribution in [3.63, 3.8) is 0 Å². The number of sulfone groups is 1. The standard InChI is InChI=1S/C11H14ClNO2S/c12-9-3-1-8(2-4-9)10-5-6-16(14,15)7-11(10)13/h1-4,10-11H,5-7,13H2. The third-order valence-electron chi connectivity index (χ3n) is 3.00. The fourth-order valence-corrected chi connectivity index (χ4v) is 3.86. The van der Waals surface area contributed by atoms with Crippen LogP contribution in [0.5, 0.6) is 0 Å². The van der Waals surface area contributed by atoms with Crippen molar-refractivity contribution in [1.82, 2.24) is 0 Å². The molecule has 0 saturated carbocycles. The third kappa shape index (κ3) is 2.56. The van der Waals surface area contributed by atoms with Crippen molar-refractivity contribution in [1.29, 1.82) is 0 Å². The number of rotatable bonds is 1. The first-order valence-corrected chi connectivity index (χ1v) is 7.39. The van der Waals surface area contributed by atoms with Gasteiger partial charge in [-0.2, -0.15) is 0 Å². The lowest BCUT2D eigenvalue weighted by molar-refractivity contribution is 0.505. The summed E-state index contributed by atoms with van der Waals surface area (Å²) in [7, 11) is -2.93. The van der Waals surface area contributed by atoms with Crippen molar-refractivity contribution in [2.75, 3.05) is 11.5 Å². The van der Waals surface area contributed by atoms with Gasteiger partial charge in [0, 0.05) is 17.0 Å². The van der Waals surface area contributed by atoms with Gasteiger partial charge in [-0.25, -0.2) is 8.42 Å². The smallest absolute Gasteiger partial charge is 0.151 e. The van der Waals surface area contributed by atoms with Crippen LogP contribution in [0.4, 0.5) is 0 Å². The molecule has 2 N–H and O–H groups in total. The highest BCUT2D eigenvalue weighted by Gasteiger charge is 2.31. The molecule has 2 atom stereocenters. The van der Waals surface area contributed by atoms with Crippen molar-refractivity contribution >= 4 is 21.4 Å². The number of hydrogen-bond acceptors (Lipinski definition) is 3. The number of hydrogen-bond donors (Lipinski definition) is 1. The minimum absolute atomic E-state index is 0.0836. The van der Waals surface area contributed by atoms with E-state index in [4.69, 9.17) is 17.3 Å². The Hall–Kier alpha value is -0.580. The van der Waals surface area contributed by atoms with Crippen LogP contribution in [-0.4, -0.2) is 26.0 Å². The van der Waals surface area contributed by atoms with Gasteiger partial charge in [-0.05, 0) is 24.1 Å². The summed E-state index contributed by atoms with van der Waals surface area (Å²) in [5.41, 5.74) is 6.99. The molecule has 1 saturated heterocycles. The molecule has 2 unspecified atom stereocenters. The normalized spacial score (nSPS) is 28.9. The zero-order chi connectivity index (χ0) is 11.8. The zero-order valence-electron chi connectivity index (χ0n) is 8.77. The van der Waals surface area contributed by atoms with Crippen molar-refractivity contribution in [3.8, 4) is 0 Å². The van der Waals surface area contributed by atoms with Crippen LogP contribution >= 0.6 is 11.6 Å². The van der Waals surface area contributed by atoms with Crippen LogP contribution < -0.4 is 5.73 Å². The molecule has 5 heteroatoms. The molecule has 88 valence electrons. The van der Waals surface area contributed by atoms with E-state index in [9.17, 15) is 8.42 Å². The molecule has 0 bridgehead atoms. The van der Waals surface area contributed by atoms with Gasteiger partial charge >= 0.3 is 0 Å². The molecule has 1 heterocycles. The number of nitrogens with two attached hydrogens (primary N) is 1. The van der Waals surface area contributed by atoms with E-state index in [-0.39, 0.29) is 23.5 Å². The summed E-state index contributed by atoms with van der Waals surface area (Å²) in [6.45, 7) is 0. The average molecular weight is 260 g/mol. The van der Waals surface area contributed by atoms with E-state index in [2.05, 4.69) is 0 Å². The van der Waals surface area contributed by atoms with Crippen LogP contribution in [0, 0.1) is 0 Å². The summed E-state index contributed by atoms with van der Waals surface area (Å²) in [5, 5.41) is 0.681. The van der Waals surface area contributed by atoms with Gasteiger partial charge in [-0.3, -0.25) is 0 Å². The summed E-state index contributed by atoms with van der Waals surface area (Å²) >= 11 is 5.81. The maximum Gasteiger partial charge on any atom is 0.151 e. The predicted octanol–water partition coefficient (Wildman–Crippen LogP) is 1.57. The molecule has 1 aliphatic rings. The first kappa shape index (κ1) is 11.9. The molecule has 1 aromatic carbocycles. The summed E-state index contributed by atoms with van der Waals surface area (Å²) in [5.74, 6) is 0.440. The topological polar surface area (TPSA) is 60.2 Å². The highest BCUT2D eigenvalue weighted by atomic mass is 35.5. The fraction of sp³-hybridized carbons (Fsp3) is 0.455. The Morgan fingerprint density at radius 1 is 1.25 bits per heavy atom. The monoisotopic (exact) mass is 259 g/mol. The van der Waals surface area contributed by atoms with Gasteiger partial charge in [0.15, 0.2) is 9.84 Å². The van der Waals surface area contributed by atoms with Crippen molar-refractivity contribution < 1.29 is 8.42 Å². The molecule has 0 amide bonds. The van der Waals surface area contributed by atoms with Crippen LogP contribution in [0.25, 0.3) is 0 Å². The first-order chi connectivity index (χ1) is 7.48. The summed E-state index contributed by atoms with van der Waals surface area (Å²) in [6, 6.07) is 7.16. The second-order valence-electron chi connectivity index (χ2n) is 4.22. The quantitative estimate of drug-likeness (QED) is 0.833. The number of benzene rings is 1. The largest absolute Gasteiger partial charge is 0.326 e. The van der Waals surface area contributed by atoms with Gasteiger partial charge in [0.05, 0.1) is 11.5 Å². The highest BCUT2D eigenvalue weighted by Crippen LogP contribution is 2.29. The molecule has 0 aromatic heterocycles. The van der Waals surface area contributed by atoms with Crippen LogP contribution in [0.2, 0.25) is 5.02 Å². The molecular formula is C11H14ClNO2S. The summed E-state index contributed by atoms with van der Waals surface area (Å²) in [6.07, 6.45) is 0.602. The van der Waals surface area contributed by atoms with Crippen LogP contribution in [-0.2, 0) is 9.84 Å². The Labute approximate surface area is 101 Å². The minimum Gasteiger partial charge on any atom is -0.326 e. The van der Waals surface area contributed by atoms with E-state index in [1.54, 1.807) is 0 Å². The van der Waals surface area contributed by atoms with Crippen molar-refractivity contribution in [2.24, 2.45) is 5.73 Å². The Morgan fingerprint density at radius 3 is 2.44 bits per heavy atom. The van der Waals surface area contributed by atoms with Crippen LogP contribution in [0.1, 0.15) is 17.9 Å². The molecule has 1 aromatic rings. The molecule has 0 aliphatic carbocycles. The molecule has 1 aliphatic heterocycles. The second kappa shape index (κ2) is 4.35. The Kier molecular flexibility index (Phi) is 3.24. The lowest BCUT2D eigenvalue weighted by Gasteiger charge is -2.28. The third-order valence-corrected chi connectivity index (χ3v) is 5.00. The second-order valence-corrected chi connectivity index (χ2v) is 6.89. The van der Waals surface area contributed by atoms with Gasteiger partial charge in [-0.1, -0.05) is 23.7 Å². The lowest BCUT2D eigenvalue weighted by atomic mass is 9.90. The van der Waals surface area contributed by atoms with Crippen LogP contribution in [0.15, 0.2) is 24.3 Å². The Balaban J connectivity index is 2.20. The molecule has 0 radical (unpaired) electrons. The molecule has 0 spiro atoms. The molecule has 3 nitrogen and oxygen atoms in total. The minimum atomic E-state index is -2.93.